The second-order valence-corrected chi connectivity index (χ2v) is 9.58. The summed E-state index contributed by atoms with van der Waals surface area (Å²) in [5.41, 5.74) is 3.16. The second-order valence-electron chi connectivity index (χ2n) is 7.54. The average molecular weight is 376 g/mol. The Balaban J connectivity index is 2.24. The summed E-state index contributed by atoms with van der Waals surface area (Å²) in [5.74, 6) is 0.715. The van der Waals surface area contributed by atoms with Gasteiger partial charge in [0.25, 0.3) is 0 Å². The molecule has 0 heterocycles. The maximum Gasteiger partial charge on any atom is 0.243 e. The van der Waals surface area contributed by atoms with Crippen molar-refractivity contribution in [2.24, 2.45) is 0 Å². The first-order valence-electron chi connectivity index (χ1n) is 8.82. The number of methoxy groups -OCH3 is 1. The number of ether oxygens (including phenoxy) is 1. The van der Waals surface area contributed by atoms with Crippen LogP contribution in [0.15, 0.2) is 47.4 Å². The Morgan fingerprint density at radius 1 is 1.04 bits per heavy atom. The quantitative estimate of drug-likeness (QED) is 0.753. The zero-order chi connectivity index (χ0) is 19.5. The molecule has 2 aromatic rings. The maximum absolute atomic E-state index is 12.9. The van der Waals surface area contributed by atoms with Crippen LogP contribution in [0.25, 0.3) is 0 Å². The molecular weight excluding hydrogens is 346 g/mol. The Hall–Kier alpha value is -1.85. The molecule has 142 valence electrons. The third kappa shape index (κ3) is 4.46. The van der Waals surface area contributed by atoms with Gasteiger partial charge in [-0.2, -0.15) is 4.31 Å². The van der Waals surface area contributed by atoms with E-state index in [-0.39, 0.29) is 5.41 Å². The molecule has 0 aromatic heterocycles. The van der Waals surface area contributed by atoms with Crippen LogP contribution in [0.1, 0.15) is 44.4 Å². The highest BCUT2D eigenvalue weighted by atomic mass is 32.2. The Labute approximate surface area is 157 Å². The van der Waals surface area contributed by atoms with Crippen LogP contribution in [0.5, 0.6) is 5.75 Å². The van der Waals surface area contributed by atoms with E-state index in [0.717, 1.165) is 11.1 Å². The predicted molar refractivity (Wildman–Crippen MR) is 106 cm³/mol. The van der Waals surface area contributed by atoms with E-state index in [1.165, 1.54) is 9.87 Å². The predicted octanol–water partition coefficient (Wildman–Crippen LogP) is 4.38. The summed E-state index contributed by atoms with van der Waals surface area (Å²) in [6, 6.07) is 13.2. The number of sulfonamides is 1. The first-order chi connectivity index (χ1) is 12.1. The molecule has 0 spiro atoms. The second kappa shape index (κ2) is 7.80. The van der Waals surface area contributed by atoms with Gasteiger partial charge in [0, 0.05) is 13.6 Å². The Bertz CT molecular complexity index is 850. The van der Waals surface area contributed by atoms with Crippen molar-refractivity contribution in [2.75, 3.05) is 14.2 Å². The van der Waals surface area contributed by atoms with Crippen molar-refractivity contribution in [1.82, 2.24) is 4.31 Å². The third-order valence-electron chi connectivity index (χ3n) is 4.57. The number of benzene rings is 2. The van der Waals surface area contributed by atoms with Gasteiger partial charge < -0.3 is 4.74 Å². The van der Waals surface area contributed by atoms with Gasteiger partial charge in [-0.1, -0.05) is 52.0 Å². The van der Waals surface area contributed by atoms with Crippen molar-refractivity contribution in [3.05, 3.63) is 59.2 Å². The minimum Gasteiger partial charge on any atom is -0.496 e. The van der Waals surface area contributed by atoms with Crippen LogP contribution in [-0.4, -0.2) is 26.9 Å². The number of rotatable bonds is 6. The zero-order valence-electron chi connectivity index (χ0n) is 16.5. The van der Waals surface area contributed by atoms with Crippen LogP contribution >= 0.6 is 0 Å². The summed E-state index contributed by atoms with van der Waals surface area (Å²) >= 11 is 0. The molecule has 5 heteroatoms. The highest BCUT2D eigenvalue weighted by Crippen LogP contribution is 2.26. The summed E-state index contributed by atoms with van der Waals surface area (Å²) in [4.78, 5) is 0.295. The average Bonchev–Trinajstić information content (AvgIpc) is 2.60. The van der Waals surface area contributed by atoms with E-state index in [2.05, 4.69) is 32.9 Å². The maximum atomic E-state index is 12.9. The molecule has 26 heavy (non-hydrogen) atoms. The molecule has 0 aliphatic carbocycles. The van der Waals surface area contributed by atoms with Crippen LogP contribution in [0.3, 0.4) is 0 Å². The molecule has 0 radical (unpaired) electrons. The van der Waals surface area contributed by atoms with E-state index in [4.69, 9.17) is 4.74 Å². The third-order valence-corrected chi connectivity index (χ3v) is 6.37. The minimum atomic E-state index is -3.56. The smallest absolute Gasteiger partial charge is 0.243 e. The fourth-order valence-corrected chi connectivity index (χ4v) is 4.03. The fourth-order valence-electron chi connectivity index (χ4n) is 2.82. The molecule has 0 saturated carbocycles. The SMILES string of the molecule is CCc1cc(S(=O)(=O)N(C)Cc2ccc(C(C)(C)C)cc2)ccc1OC. The monoisotopic (exact) mass is 375 g/mol. The largest absolute Gasteiger partial charge is 0.496 e. The van der Waals surface area contributed by atoms with Crippen molar-refractivity contribution in [3.8, 4) is 5.75 Å². The molecule has 0 saturated heterocycles. The lowest BCUT2D eigenvalue weighted by atomic mass is 9.87. The molecule has 0 N–H and O–H groups in total. The van der Waals surface area contributed by atoms with E-state index in [0.29, 0.717) is 23.6 Å². The van der Waals surface area contributed by atoms with Crippen molar-refractivity contribution in [3.63, 3.8) is 0 Å². The van der Waals surface area contributed by atoms with Crippen LogP contribution in [0, 0.1) is 0 Å². The van der Waals surface area contributed by atoms with Crippen LogP contribution < -0.4 is 4.74 Å². The first kappa shape index (κ1) is 20.5. The van der Waals surface area contributed by atoms with Crippen molar-refractivity contribution in [2.45, 2.75) is 51.0 Å². The molecule has 0 atom stereocenters. The van der Waals surface area contributed by atoms with Gasteiger partial charge in [-0.25, -0.2) is 8.42 Å². The van der Waals surface area contributed by atoms with Gasteiger partial charge in [0.05, 0.1) is 12.0 Å². The molecule has 0 aliphatic heterocycles. The highest BCUT2D eigenvalue weighted by molar-refractivity contribution is 7.89. The van der Waals surface area contributed by atoms with Gasteiger partial charge in [0.1, 0.15) is 5.75 Å². The molecule has 2 rings (SSSR count). The van der Waals surface area contributed by atoms with E-state index in [1.54, 1.807) is 32.4 Å². The molecule has 0 aliphatic rings. The lowest BCUT2D eigenvalue weighted by Crippen LogP contribution is -2.26. The van der Waals surface area contributed by atoms with Crippen molar-refractivity contribution < 1.29 is 13.2 Å². The summed E-state index contributed by atoms with van der Waals surface area (Å²) in [6.45, 7) is 8.80. The van der Waals surface area contributed by atoms with Gasteiger partial charge in [-0.3, -0.25) is 0 Å². The summed E-state index contributed by atoms with van der Waals surface area (Å²) in [6.07, 6.45) is 0.713. The topological polar surface area (TPSA) is 46.6 Å². The number of hydrogen-bond donors (Lipinski definition) is 0. The Morgan fingerprint density at radius 2 is 1.65 bits per heavy atom. The lowest BCUT2D eigenvalue weighted by molar-refractivity contribution is 0.409. The van der Waals surface area contributed by atoms with Crippen LogP contribution in [-0.2, 0) is 28.4 Å². The van der Waals surface area contributed by atoms with Crippen molar-refractivity contribution in [1.29, 1.82) is 0 Å². The molecule has 2 aromatic carbocycles. The van der Waals surface area contributed by atoms with Gasteiger partial charge in [-0.15, -0.1) is 0 Å². The zero-order valence-corrected chi connectivity index (χ0v) is 17.4. The number of hydrogen-bond acceptors (Lipinski definition) is 3. The van der Waals surface area contributed by atoms with Gasteiger partial charge in [0.15, 0.2) is 0 Å². The first-order valence-corrected chi connectivity index (χ1v) is 10.3. The summed E-state index contributed by atoms with van der Waals surface area (Å²) in [7, 11) is -0.348. The molecule has 0 bridgehead atoms. The highest BCUT2D eigenvalue weighted by Gasteiger charge is 2.22. The van der Waals surface area contributed by atoms with Crippen molar-refractivity contribution >= 4 is 10.0 Å². The summed E-state index contributed by atoms with van der Waals surface area (Å²) < 4.78 is 32.5. The fraction of sp³-hybridized carbons (Fsp3) is 0.429. The number of aryl methyl sites for hydroxylation is 1. The van der Waals surface area contributed by atoms with Crippen LogP contribution in [0.2, 0.25) is 0 Å². The van der Waals surface area contributed by atoms with E-state index in [1.807, 2.05) is 19.1 Å². The molecule has 0 fully saturated rings. The lowest BCUT2D eigenvalue weighted by Gasteiger charge is -2.21. The molecule has 0 unspecified atom stereocenters. The van der Waals surface area contributed by atoms with Gasteiger partial charge in [-0.05, 0) is 46.7 Å². The standard InChI is InChI=1S/C21H29NO3S/c1-7-17-14-19(12-13-20(17)25-6)26(23,24)22(5)15-16-8-10-18(11-9-16)21(2,3)4/h8-14H,7,15H2,1-6H3. The Kier molecular flexibility index (Phi) is 6.14. The van der Waals surface area contributed by atoms with E-state index < -0.39 is 10.0 Å². The molecule has 0 amide bonds. The molecule has 4 nitrogen and oxygen atoms in total. The Morgan fingerprint density at radius 3 is 2.15 bits per heavy atom. The summed E-state index contributed by atoms with van der Waals surface area (Å²) in [5, 5.41) is 0. The van der Waals surface area contributed by atoms with E-state index in [9.17, 15) is 8.42 Å². The molecular formula is C21H29NO3S. The van der Waals surface area contributed by atoms with Gasteiger partial charge in [0.2, 0.25) is 10.0 Å². The number of nitrogens with zero attached hydrogens (tertiary/aromatic N) is 1. The normalized spacial score (nSPS) is 12.4. The van der Waals surface area contributed by atoms with Crippen LogP contribution in [0.4, 0.5) is 0 Å². The van der Waals surface area contributed by atoms with E-state index >= 15 is 0 Å². The van der Waals surface area contributed by atoms with Gasteiger partial charge >= 0.3 is 0 Å². The minimum absolute atomic E-state index is 0.0795.